The summed E-state index contributed by atoms with van der Waals surface area (Å²) in [4.78, 5) is 0. The van der Waals surface area contributed by atoms with Crippen molar-refractivity contribution in [3.8, 4) is 0 Å². The summed E-state index contributed by atoms with van der Waals surface area (Å²) in [5.74, 6) is -3.70. The highest BCUT2D eigenvalue weighted by molar-refractivity contribution is 5.33. The minimum Gasteiger partial charge on any atom is -0.204 e. The van der Waals surface area contributed by atoms with Crippen molar-refractivity contribution in [2.24, 2.45) is 0 Å². The van der Waals surface area contributed by atoms with E-state index in [4.69, 9.17) is 0 Å². The van der Waals surface area contributed by atoms with Gasteiger partial charge in [0.2, 0.25) is 0 Å². The molecule has 1 aromatic carbocycles. The summed E-state index contributed by atoms with van der Waals surface area (Å²) in [5, 5.41) is 0. The van der Waals surface area contributed by atoms with Crippen LogP contribution in [0.1, 0.15) is 76.2 Å². The Balaban J connectivity index is 1.75. The molecule has 1 unspecified atom stereocenters. The van der Waals surface area contributed by atoms with E-state index in [0.29, 0.717) is 12.0 Å². The lowest BCUT2D eigenvalue weighted by Gasteiger charge is -2.17. The Morgan fingerprint density at radius 1 is 0.917 bits per heavy atom. The van der Waals surface area contributed by atoms with Gasteiger partial charge in [0.15, 0.2) is 17.5 Å². The van der Waals surface area contributed by atoms with Crippen LogP contribution in [0.15, 0.2) is 35.9 Å². The summed E-state index contributed by atoms with van der Waals surface area (Å²) in [5.41, 5.74) is 1.79. The second-order valence-electron chi connectivity index (χ2n) is 6.65. The maximum Gasteiger partial charge on any atom is 0.194 e. The van der Waals surface area contributed by atoms with Gasteiger partial charge in [-0.1, -0.05) is 69.2 Å². The van der Waals surface area contributed by atoms with Crippen LogP contribution < -0.4 is 0 Å². The average molecular weight is 336 g/mol. The molecule has 1 atom stereocenters. The fraction of sp³-hybridized carbons (Fsp3) is 0.524. The molecule has 0 aliphatic heterocycles. The van der Waals surface area contributed by atoms with Crippen LogP contribution in [-0.4, -0.2) is 0 Å². The first-order valence-electron chi connectivity index (χ1n) is 9.13. The maximum atomic E-state index is 13.3. The average Bonchev–Trinajstić information content (AvgIpc) is 2.59. The monoisotopic (exact) mass is 336 g/mol. The maximum absolute atomic E-state index is 13.3. The van der Waals surface area contributed by atoms with E-state index in [9.17, 15) is 13.2 Å². The van der Waals surface area contributed by atoms with Crippen molar-refractivity contribution in [2.45, 2.75) is 70.6 Å². The molecular formula is C21H27F3. The number of hydrogen-bond donors (Lipinski definition) is 0. The van der Waals surface area contributed by atoms with Crippen LogP contribution >= 0.6 is 0 Å². The molecule has 24 heavy (non-hydrogen) atoms. The number of hydrogen-bond acceptors (Lipinski definition) is 0. The first-order valence-corrected chi connectivity index (χ1v) is 9.13. The molecule has 0 bridgehead atoms. The summed E-state index contributed by atoms with van der Waals surface area (Å²) in [6.45, 7) is 2.23. The summed E-state index contributed by atoms with van der Waals surface area (Å²) in [7, 11) is 0. The van der Waals surface area contributed by atoms with Crippen LogP contribution in [0.25, 0.3) is 0 Å². The molecule has 1 aliphatic carbocycles. The standard InChI is InChI=1S/C21H27F3/c1-2-3-4-5-6-7-8-9-16-10-12-17(13-11-16)18-14-19(22)21(24)20(23)15-18/h10-12,14-15,17H,2-9,13H2,1H3. The topological polar surface area (TPSA) is 0 Å². The Morgan fingerprint density at radius 3 is 2.12 bits per heavy atom. The van der Waals surface area contributed by atoms with Crippen molar-refractivity contribution >= 4 is 0 Å². The van der Waals surface area contributed by atoms with Gasteiger partial charge >= 0.3 is 0 Å². The van der Waals surface area contributed by atoms with E-state index in [0.717, 1.165) is 18.6 Å². The SMILES string of the molecule is CCCCCCCCCC1=CCC(c2cc(F)c(F)c(F)c2)C=C1. The Morgan fingerprint density at radius 2 is 1.54 bits per heavy atom. The number of benzene rings is 1. The first kappa shape index (κ1) is 18.8. The van der Waals surface area contributed by atoms with Crippen LogP contribution in [0, 0.1) is 17.5 Å². The van der Waals surface area contributed by atoms with Gasteiger partial charge in [0.05, 0.1) is 0 Å². The van der Waals surface area contributed by atoms with Gasteiger partial charge in [-0.15, -0.1) is 0 Å². The predicted molar refractivity (Wildman–Crippen MR) is 93.5 cm³/mol. The molecule has 3 heteroatoms. The van der Waals surface area contributed by atoms with Gasteiger partial charge in [-0.25, -0.2) is 13.2 Å². The molecule has 1 aromatic rings. The van der Waals surface area contributed by atoms with Gasteiger partial charge in [0, 0.05) is 5.92 Å². The van der Waals surface area contributed by atoms with E-state index in [1.807, 2.05) is 12.2 Å². The number of unbranched alkanes of at least 4 members (excludes halogenated alkanes) is 6. The van der Waals surface area contributed by atoms with Crippen molar-refractivity contribution in [3.63, 3.8) is 0 Å². The van der Waals surface area contributed by atoms with Gasteiger partial charge in [-0.2, -0.15) is 0 Å². The molecule has 1 aliphatic rings. The van der Waals surface area contributed by atoms with Gasteiger partial charge in [-0.3, -0.25) is 0 Å². The van der Waals surface area contributed by atoms with Crippen LogP contribution in [0.2, 0.25) is 0 Å². The fourth-order valence-electron chi connectivity index (χ4n) is 3.17. The van der Waals surface area contributed by atoms with Gasteiger partial charge in [-0.05, 0) is 37.0 Å². The third kappa shape index (κ3) is 5.54. The third-order valence-corrected chi connectivity index (χ3v) is 4.68. The van der Waals surface area contributed by atoms with E-state index in [1.54, 1.807) is 0 Å². The van der Waals surface area contributed by atoms with Crippen LogP contribution in [-0.2, 0) is 0 Å². The minimum atomic E-state index is -1.39. The molecule has 0 amide bonds. The molecule has 2 rings (SSSR count). The van der Waals surface area contributed by atoms with Gasteiger partial charge < -0.3 is 0 Å². The highest BCUT2D eigenvalue weighted by Gasteiger charge is 2.16. The normalized spacial score (nSPS) is 17.2. The van der Waals surface area contributed by atoms with E-state index < -0.39 is 17.5 Å². The van der Waals surface area contributed by atoms with E-state index >= 15 is 0 Å². The second kappa shape index (κ2) is 9.71. The zero-order chi connectivity index (χ0) is 17.4. The Hall–Kier alpha value is -1.51. The molecule has 0 saturated heterocycles. The molecule has 0 aromatic heterocycles. The Bertz CT molecular complexity index is 564. The molecule has 0 fully saturated rings. The molecule has 0 radical (unpaired) electrons. The molecule has 0 nitrogen and oxygen atoms in total. The van der Waals surface area contributed by atoms with Crippen LogP contribution in [0.3, 0.4) is 0 Å². The zero-order valence-corrected chi connectivity index (χ0v) is 14.5. The lowest BCUT2D eigenvalue weighted by Crippen LogP contribution is -2.02. The van der Waals surface area contributed by atoms with Crippen LogP contribution in [0.4, 0.5) is 13.2 Å². The quantitative estimate of drug-likeness (QED) is 0.330. The highest BCUT2D eigenvalue weighted by atomic mass is 19.2. The van der Waals surface area contributed by atoms with E-state index in [1.165, 1.54) is 50.5 Å². The lowest BCUT2D eigenvalue weighted by atomic mass is 9.88. The Kier molecular flexibility index (Phi) is 7.61. The summed E-state index contributed by atoms with van der Waals surface area (Å²) < 4.78 is 39.7. The first-order chi connectivity index (χ1) is 11.6. The number of halogens is 3. The minimum absolute atomic E-state index is 0.0765. The van der Waals surface area contributed by atoms with E-state index in [2.05, 4.69) is 13.0 Å². The molecule has 0 N–H and O–H groups in total. The van der Waals surface area contributed by atoms with Crippen molar-refractivity contribution in [3.05, 3.63) is 58.9 Å². The summed E-state index contributed by atoms with van der Waals surface area (Å²) >= 11 is 0. The molecule has 0 saturated carbocycles. The lowest BCUT2D eigenvalue weighted by molar-refractivity contribution is 0.444. The largest absolute Gasteiger partial charge is 0.204 e. The molecule has 132 valence electrons. The summed E-state index contributed by atoms with van der Waals surface area (Å²) in [6, 6.07) is 2.20. The van der Waals surface area contributed by atoms with Gasteiger partial charge in [0.25, 0.3) is 0 Å². The smallest absolute Gasteiger partial charge is 0.194 e. The van der Waals surface area contributed by atoms with Crippen molar-refractivity contribution in [1.82, 2.24) is 0 Å². The van der Waals surface area contributed by atoms with Gasteiger partial charge in [0.1, 0.15) is 0 Å². The number of allylic oxidation sites excluding steroid dienone is 4. The molecule has 0 heterocycles. The molecular weight excluding hydrogens is 309 g/mol. The van der Waals surface area contributed by atoms with Crippen molar-refractivity contribution < 1.29 is 13.2 Å². The summed E-state index contributed by atoms with van der Waals surface area (Å²) in [6.07, 6.45) is 17.0. The fourth-order valence-corrected chi connectivity index (χ4v) is 3.17. The van der Waals surface area contributed by atoms with Crippen LogP contribution in [0.5, 0.6) is 0 Å². The third-order valence-electron chi connectivity index (χ3n) is 4.68. The molecule has 0 spiro atoms. The predicted octanol–water partition coefficient (Wildman–Crippen LogP) is 7.21. The van der Waals surface area contributed by atoms with Crippen molar-refractivity contribution in [1.29, 1.82) is 0 Å². The van der Waals surface area contributed by atoms with Crippen molar-refractivity contribution in [2.75, 3.05) is 0 Å². The Labute approximate surface area is 143 Å². The zero-order valence-electron chi connectivity index (χ0n) is 14.5. The van der Waals surface area contributed by atoms with E-state index in [-0.39, 0.29) is 5.92 Å². The highest BCUT2D eigenvalue weighted by Crippen LogP contribution is 2.30. The number of rotatable bonds is 9. The second-order valence-corrected chi connectivity index (χ2v) is 6.65.